The van der Waals surface area contributed by atoms with Crippen LogP contribution in [0.2, 0.25) is 5.02 Å². The molecule has 0 spiro atoms. The molecule has 3 aromatic rings. The number of hydrogen-bond acceptors (Lipinski definition) is 5. The monoisotopic (exact) mass is 360 g/mol. The van der Waals surface area contributed by atoms with Crippen LogP contribution in [-0.4, -0.2) is 33.4 Å². The van der Waals surface area contributed by atoms with Crippen molar-refractivity contribution >= 4 is 11.6 Å². The van der Waals surface area contributed by atoms with E-state index >= 15 is 0 Å². The molecule has 0 bridgehead atoms. The molecule has 8 heteroatoms. The minimum absolute atomic E-state index is 0.262. The zero-order valence-electron chi connectivity index (χ0n) is 13.4. The third kappa shape index (κ3) is 3.15. The van der Waals surface area contributed by atoms with Gasteiger partial charge in [-0.1, -0.05) is 11.6 Å². The lowest BCUT2D eigenvalue weighted by molar-refractivity contribution is 0.171. The van der Waals surface area contributed by atoms with E-state index in [1.807, 2.05) is 6.07 Å². The quantitative estimate of drug-likeness (QED) is 0.717. The van der Waals surface area contributed by atoms with Crippen LogP contribution in [0.1, 0.15) is 11.1 Å². The van der Waals surface area contributed by atoms with Crippen molar-refractivity contribution in [3.63, 3.8) is 0 Å². The Hall–Kier alpha value is -2.67. The predicted molar refractivity (Wildman–Crippen MR) is 89.5 cm³/mol. The summed E-state index contributed by atoms with van der Waals surface area (Å²) in [5.74, 6) is 1.35. The summed E-state index contributed by atoms with van der Waals surface area (Å²) < 4.78 is 24.5. The van der Waals surface area contributed by atoms with Crippen LogP contribution in [0, 0.1) is 12.7 Å². The van der Waals surface area contributed by atoms with Gasteiger partial charge in [-0.25, -0.2) is 4.39 Å². The number of rotatable bonds is 3. The maximum absolute atomic E-state index is 13.4. The van der Waals surface area contributed by atoms with E-state index in [9.17, 15) is 4.39 Å². The molecule has 2 aromatic carbocycles. The second-order valence-corrected chi connectivity index (χ2v) is 6.12. The van der Waals surface area contributed by atoms with Crippen molar-refractivity contribution in [2.24, 2.45) is 0 Å². The highest BCUT2D eigenvalue weighted by Gasteiger charge is 2.17. The fourth-order valence-corrected chi connectivity index (χ4v) is 2.92. The third-order valence-corrected chi connectivity index (χ3v) is 4.13. The molecule has 1 aromatic heterocycles. The first-order chi connectivity index (χ1) is 12.1. The second kappa shape index (κ2) is 6.33. The average Bonchev–Trinajstić information content (AvgIpc) is 3.06. The minimum Gasteiger partial charge on any atom is -0.486 e. The van der Waals surface area contributed by atoms with Gasteiger partial charge >= 0.3 is 0 Å². The number of aryl methyl sites for hydroxylation is 1. The highest BCUT2D eigenvalue weighted by atomic mass is 35.5. The topological polar surface area (TPSA) is 62.1 Å². The van der Waals surface area contributed by atoms with Gasteiger partial charge < -0.3 is 9.47 Å². The molecule has 6 nitrogen and oxygen atoms in total. The number of ether oxygens (including phenoxy) is 2. The molecule has 0 atom stereocenters. The molecule has 1 aliphatic rings. The molecular formula is C17H14ClFN4O2. The lowest BCUT2D eigenvalue weighted by atomic mass is 10.1. The molecule has 1 aliphatic heterocycles. The van der Waals surface area contributed by atoms with Crippen molar-refractivity contribution in [1.82, 2.24) is 20.2 Å². The van der Waals surface area contributed by atoms with Gasteiger partial charge in [-0.05, 0) is 53.6 Å². The van der Waals surface area contributed by atoms with Crippen molar-refractivity contribution in [2.45, 2.75) is 13.5 Å². The van der Waals surface area contributed by atoms with Crippen LogP contribution < -0.4 is 9.47 Å². The highest BCUT2D eigenvalue weighted by molar-refractivity contribution is 6.32. The number of hydrogen-bond donors (Lipinski definition) is 0. The van der Waals surface area contributed by atoms with Crippen LogP contribution in [0.3, 0.4) is 0 Å². The van der Waals surface area contributed by atoms with E-state index in [1.54, 1.807) is 25.1 Å². The van der Waals surface area contributed by atoms with E-state index in [4.69, 9.17) is 21.1 Å². The number of halogens is 2. The smallest absolute Gasteiger partial charge is 0.204 e. The van der Waals surface area contributed by atoms with E-state index in [1.165, 1.54) is 10.9 Å². The van der Waals surface area contributed by atoms with Crippen LogP contribution in [0.5, 0.6) is 11.5 Å². The molecule has 0 amide bonds. The summed E-state index contributed by atoms with van der Waals surface area (Å²) in [4.78, 5) is 1.45. The Morgan fingerprint density at radius 3 is 2.88 bits per heavy atom. The Morgan fingerprint density at radius 1 is 1.20 bits per heavy atom. The maximum Gasteiger partial charge on any atom is 0.204 e. The summed E-state index contributed by atoms with van der Waals surface area (Å²) in [5, 5.41) is 12.9. The number of aromatic nitrogens is 4. The van der Waals surface area contributed by atoms with Gasteiger partial charge in [-0.3, -0.25) is 0 Å². The number of tetrazole rings is 1. The number of benzene rings is 2. The van der Waals surface area contributed by atoms with Crippen molar-refractivity contribution in [2.75, 3.05) is 13.2 Å². The van der Waals surface area contributed by atoms with Crippen LogP contribution in [0.15, 0.2) is 30.3 Å². The fraction of sp³-hybridized carbons (Fsp3) is 0.235. The zero-order valence-corrected chi connectivity index (χ0v) is 14.1. The Bertz CT molecular complexity index is 944. The van der Waals surface area contributed by atoms with Crippen LogP contribution >= 0.6 is 11.6 Å². The van der Waals surface area contributed by atoms with Crippen LogP contribution in [-0.2, 0) is 6.54 Å². The molecule has 25 heavy (non-hydrogen) atoms. The summed E-state index contributed by atoms with van der Waals surface area (Å²) in [5.41, 5.74) is 2.12. The Labute approximate surface area is 148 Å². The van der Waals surface area contributed by atoms with Crippen LogP contribution in [0.4, 0.5) is 4.39 Å². The summed E-state index contributed by atoms with van der Waals surface area (Å²) >= 11 is 6.24. The summed E-state index contributed by atoms with van der Waals surface area (Å²) in [6.07, 6.45) is 0. The average molecular weight is 361 g/mol. The van der Waals surface area contributed by atoms with Crippen molar-refractivity contribution in [1.29, 1.82) is 0 Å². The molecule has 2 heterocycles. The summed E-state index contributed by atoms with van der Waals surface area (Å²) in [6.45, 7) is 3.05. The van der Waals surface area contributed by atoms with Gasteiger partial charge in [0.1, 0.15) is 19.0 Å². The van der Waals surface area contributed by atoms with Gasteiger partial charge in [-0.2, -0.15) is 4.80 Å². The molecule has 0 saturated carbocycles. The zero-order chi connectivity index (χ0) is 17.4. The van der Waals surface area contributed by atoms with Gasteiger partial charge in [0.05, 0.1) is 11.6 Å². The fourth-order valence-electron chi connectivity index (χ4n) is 2.63. The van der Waals surface area contributed by atoms with Crippen molar-refractivity contribution in [3.8, 4) is 22.9 Å². The molecular weight excluding hydrogens is 347 g/mol. The molecule has 0 aliphatic carbocycles. The Morgan fingerprint density at radius 2 is 2.04 bits per heavy atom. The standard InChI is InChI=1S/C17H14ClFN4O2/c1-10-6-12(2-3-14(10)19)17-20-22-23(21-17)9-11-7-13(18)16-15(8-11)24-4-5-25-16/h2-3,6-8H,4-5,9H2,1H3. The molecule has 0 fully saturated rings. The summed E-state index contributed by atoms with van der Waals surface area (Å²) in [6, 6.07) is 8.36. The molecule has 4 rings (SSSR count). The Kier molecular flexibility index (Phi) is 4.01. The van der Waals surface area contributed by atoms with Gasteiger partial charge in [0, 0.05) is 5.56 Å². The molecule has 0 saturated heterocycles. The van der Waals surface area contributed by atoms with Gasteiger partial charge in [0.2, 0.25) is 5.82 Å². The first-order valence-electron chi connectivity index (χ1n) is 7.72. The summed E-state index contributed by atoms with van der Waals surface area (Å²) in [7, 11) is 0. The van der Waals surface area contributed by atoms with Gasteiger partial charge in [0.15, 0.2) is 11.5 Å². The van der Waals surface area contributed by atoms with Crippen LogP contribution in [0.25, 0.3) is 11.4 Å². The van der Waals surface area contributed by atoms with E-state index in [0.29, 0.717) is 53.2 Å². The maximum atomic E-state index is 13.4. The Balaban J connectivity index is 1.59. The van der Waals surface area contributed by atoms with Gasteiger partial charge in [0.25, 0.3) is 0 Å². The normalized spacial score (nSPS) is 13.1. The third-order valence-electron chi connectivity index (χ3n) is 3.85. The first-order valence-corrected chi connectivity index (χ1v) is 8.10. The van der Waals surface area contributed by atoms with Crippen molar-refractivity contribution in [3.05, 3.63) is 52.3 Å². The van der Waals surface area contributed by atoms with E-state index in [2.05, 4.69) is 15.4 Å². The minimum atomic E-state index is -0.262. The first kappa shape index (κ1) is 15.8. The molecule has 0 unspecified atom stereocenters. The SMILES string of the molecule is Cc1cc(-c2nnn(Cc3cc(Cl)c4c(c3)OCCO4)n2)ccc1F. The lowest BCUT2D eigenvalue weighted by Gasteiger charge is -2.20. The van der Waals surface area contributed by atoms with E-state index in [-0.39, 0.29) is 5.82 Å². The largest absolute Gasteiger partial charge is 0.486 e. The predicted octanol–water partition coefficient (Wildman–Crippen LogP) is 3.26. The van der Waals surface area contributed by atoms with Gasteiger partial charge in [-0.15, -0.1) is 10.2 Å². The highest BCUT2D eigenvalue weighted by Crippen LogP contribution is 2.38. The van der Waals surface area contributed by atoms with Crippen molar-refractivity contribution < 1.29 is 13.9 Å². The molecule has 0 radical (unpaired) electrons. The van der Waals surface area contributed by atoms with E-state index < -0.39 is 0 Å². The molecule has 128 valence electrons. The van der Waals surface area contributed by atoms with E-state index in [0.717, 1.165) is 5.56 Å². The number of fused-ring (bicyclic) bond motifs is 1. The molecule has 0 N–H and O–H groups in total. The second-order valence-electron chi connectivity index (χ2n) is 5.71. The lowest BCUT2D eigenvalue weighted by Crippen LogP contribution is -2.16. The number of nitrogens with zero attached hydrogens (tertiary/aromatic N) is 4.